The van der Waals surface area contributed by atoms with Gasteiger partial charge < -0.3 is 21.1 Å². The van der Waals surface area contributed by atoms with Crippen LogP contribution in [0.3, 0.4) is 0 Å². The first-order chi connectivity index (χ1) is 12.1. The first-order valence-electron chi connectivity index (χ1n) is 9.20. The van der Waals surface area contributed by atoms with E-state index in [-0.39, 0.29) is 35.6 Å². The van der Waals surface area contributed by atoms with Gasteiger partial charge in [0.25, 0.3) is 5.91 Å². The van der Waals surface area contributed by atoms with Crippen LogP contribution in [0.4, 0.5) is 0 Å². The van der Waals surface area contributed by atoms with Crippen molar-refractivity contribution in [2.45, 2.75) is 40.0 Å². The molecule has 1 amide bonds. The van der Waals surface area contributed by atoms with Crippen molar-refractivity contribution in [1.29, 1.82) is 0 Å². The van der Waals surface area contributed by atoms with E-state index < -0.39 is 0 Å². The van der Waals surface area contributed by atoms with Crippen LogP contribution in [0.15, 0.2) is 29.3 Å². The van der Waals surface area contributed by atoms with E-state index in [2.05, 4.69) is 34.8 Å². The Balaban J connectivity index is 0.00000625. The van der Waals surface area contributed by atoms with Gasteiger partial charge in [0.1, 0.15) is 5.75 Å². The molecule has 1 aromatic carbocycles. The number of guanidine groups is 1. The standard InChI is InChI=1S/C19H32N4O2.HI/c1-4-15(5-2)14-23-19(20-6-3)22-12-8-11-21-18(25)16-9-7-10-17(24)13-16;/h7,9-10,13,15,24H,4-6,8,11-12,14H2,1-3H3,(H,21,25)(H2,20,22,23);1H. The van der Waals surface area contributed by atoms with Gasteiger partial charge in [-0.1, -0.05) is 32.8 Å². The second-order valence-electron chi connectivity index (χ2n) is 5.99. The first-order valence-corrected chi connectivity index (χ1v) is 9.20. The molecule has 0 aliphatic rings. The van der Waals surface area contributed by atoms with Crippen LogP contribution in [0.1, 0.15) is 50.4 Å². The molecule has 7 heteroatoms. The first kappa shape index (κ1) is 24.5. The molecule has 1 rings (SSSR count). The molecule has 0 aromatic heterocycles. The molecule has 6 nitrogen and oxygen atoms in total. The van der Waals surface area contributed by atoms with Crippen molar-refractivity contribution in [1.82, 2.24) is 16.0 Å². The Morgan fingerprint density at radius 1 is 1.12 bits per heavy atom. The van der Waals surface area contributed by atoms with E-state index in [1.165, 1.54) is 6.07 Å². The van der Waals surface area contributed by atoms with Crippen molar-refractivity contribution in [2.24, 2.45) is 10.9 Å². The third-order valence-electron chi connectivity index (χ3n) is 4.05. The molecule has 0 aliphatic carbocycles. The van der Waals surface area contributed by atoms with Crippen LogP contribution in [0, 0.1) is 5.92 Å². The Hall–Kier alpha value is -1.51. The molecule has 0 atom stereocenters. The number of carbonyl (C=O) groups excluding carboxylic acids is 1. The number of halogens is 1. The molecule has 4 N–H and O–H groups in total. The highest BCUT2D eigenvalue weighted by Crippen LogP contribution is 2.10. The van der Waals surface area contributed by atoms with Gasteiger partial charge in [-0.3, -0.25) is 9.79 Å². The monoisotopic (exact) mass is 476 g/mol. The summed E-state index contributed by atoms with van der Waals surface area (Å²) in [5.41, 5.74) is 0.466. The molecule has 0 aliphatic heterocycles. The summed E-state index contributed by atoms with van der Waals surface area (Å²) < 4.78 is 0. The van der Waals surface area contributed by atoms with Gasteiger partial charge in [-0.2, -0.15) is 0 Å². The minimum absolute atomic E-state index is 0. The van der Waals surface area contributed by atoms with E-state index in [4.69, 9.17) is 0 Å². The minimum atomic E-state index is -0.176. The largest absolute Gasteiger partial charge is 0.508 e. The fourth-order valence-corrected chi connectivity index (χ4v) is 2.36. The fraction of sp³-hybridized carbons (Fsp3) is 0.579. The van der Waals surface area contributed by atoms with Gasteiger partial charge in [-0.25, -0.2) is 0 Å². The highest BCUT2D eigenvalue weighted by atomic mass is 127. The van der Waals surface area contributed by atoms with Crippen molar-refractivity contribution in [2.75, 3.05) is 26.2 Å². The highest BCUT2D eigenvalue weighted by molar-refractivity contribution is 14.0. The van der Waals surface area contributed by atoms with Crippen LogP contribution in [-0.4, -0.2) is 43.2 Å². The number of phenols is 1. The van der Waals surface area contributed by atoms with Crippen LogP contribution in [0.2, 0.25) is 0 Å². The second-order valence-corrected chi connectivity index (χ2v) is 5.99. The maximum atomic E-state index is 12.0. The van der Waals surface area contributed by atoms with Crippen LogP contribution >= 0.6 is 24.0 Å². The number of phenolic OH excluding ortho intramolecular Hbond substituents is 1. The molecule has 148 valence electrons. The number of carbonyl (C=O) groups is 1. The molecule has 0 bridgehead atoms. The molecular formula is C19H33IN4O2. The zero-order valence-corrected chi connectivity index (χ0v) is 18.4. The molecule has 0 heterocycles. The summed E-state index contributed by atoms with van der Waals surface area (Å²) in [4.78, 5) is 16.6. The van der Waals surface area contributed by atoms with Gasteiger partial charge in [-0.15, -0.1) is 24.0 Å². The number of aromatic hydroxyl groups is 1. The van der Waals surface area contributed by atoms with Crippen molar-refractivity contribution >= 4 is 35.8 Å². The van der Waals surface area contributed by atoms with Gasteiger partial charge in [0.15, 0.2) is 5.96 Å². The number of nitrogens with one attached hydrogen (secondary N) is 3. The third-order valence-corrected chi connectivity index (χ3v) is 4.05. The summed E-state index contributed by atoms with van der Waals surface area (Å²) in [5, 5.41) is 18.8. The van der Waals surface area contributed by atoms with Gasteiger partial charge in [0, 0.05) is 31.7 Å². The smallest absolute Gasteiger partial charge is 0.251 e. The summed E-state index contributed by atoms with van der Waals surface area (Å²) in [7, 11) is 0. The van der Waals surface area contributed by atoms with E-state index in [1.54, 1.807) is 18.2 Å². The Morgan fingerprint density at radius 3 is 2.42 bits per heavy atom. The van der Waals surface area contributed by atoms with Crippen LogP contribution in [-0.2, 0) is 0 Å². The minimum Gasteiger partial charge on any atom is -0.508 e. The molecule has 0 unspecified atom stereocenters. The van der Waals surface area contributed by atoms with Crippen molar-refractivity contribution in [3.8, 4) is 5.75 Å². The number of nitrogens with zero attached hydrogens (tertiary/aromatic N) is 1. The number of rotatable bonds is 10. The lowest BCUT2D eigenvalue weighted by molar-refractivity contribution is 0.0953. The van der Waals surface area contributed by atoms with E-state index in [0.717, 1.165) is 44.9 Å². The summed E-state index contributed by atoms with van der Waals surface area (Å²) in [6.07, 6.45) is 3.07. The molecule has 26 heavy (non-hydrogen) atoms. The maximum Gasteiger partial charge on any atom is 0.251 e. The van der Waals surface area contributed by atoms with Gasteiger partial charge in [-0.05, 0) is 37.5 Å². The van der Waals surface area contributed by atoms with Crippen LogP contribution in [0.25, 0.3) is 0 Å². The average Bonchev–Trinajstić information content (AvgIpc) is 2.61. The Bertz CT molecular complexity index is 548. The average molecular weight is 476 g/mol. The van der Waals surface area contributed by atoms with Gasteiger partial charge in [0.2, 0.25) is 0 Å². The SMILES string of the molecule is CCNC(=NCC(CC)CC)NCCCNC(=O)c1cccc(O)c1.I. The van der Waals surface area contributed by atoms with Crippen LogP contribution < -0.4 is 16.0 Å². The van der Waals surface area contributed by atoms with E-state index in [0.29, 0.717) is 18.0 Å². The Labute approximate surface area is 174 Å². The summed E-state index contributed by atoms with van der Waals surface area (Å²) in [6.45, 7) is 9.38. The van der Waals surface area contributed by atoms with E-state index >= 15 is 0 Å². The predicted molar refractivity (Wildman–Crippen MR) is 119 cm³/mol. The van der Waals surface area contributed by atoms with E-state index in [9.17, 15) is 9.90 Å². The lowest BCUT2D eigenvalue weighted by Gasteiger charge is -2.14. The van der Waals surface area contributed by atoms with E-state index in [1.807, 2.05) is 6.92 Å². The predicted octanol–water partition coefficient (Wildman–Crippen LogP) is 3.12. The summed E-state index contributed by atoms with van der Waals surface area (Å²) >= 11 is 0. The lowest BCUT2D eigenvalue weighted by Crippen LogP contribution is -2.39. The summed E-state index contributed by atoms with van der Waals surface area (Å²) in [5.74, 6) is 1.37. The quantitative estimate of drug-likeness (QED) is 0.181. The molecule has 0 saturated carbocycles. The molecule has 0 fully saturated rings. The van der Waals surface area contributed by atoms with Gasteiger partial charge in [0.05, 0.1) is 0 Å². The molecule has 0 radical (unpaired) electrons. The van der Waals surface area contributed by atoms with Crippen molar-refractivity contribution < 1.29 is 9.90 Å². The number of hydrogen-bond donors (Lipinski definition) is 4. The zero-order chi connectivity index (χ0) is 18.5. The zero-order valence-electron chi connectivity index (χ0n) is 16.0. The Kier molecular flexibility index (Phi) is 13.8. The topological polar surface area (TPSA) is 85.8 Å². The van der Waals surface area contributed by atoms with Gasteiger partial charge >= 0.3 is 0 Å². The number of hydrogen-bond acceptors (Lipinski definition) is 3. The summed E-state index contributed by atoms with van der Waals surface area (Å²) in [6, 6.07) is 6.34. The number of aliphatic imine (C=N–C) groups is 1. The molecule has 0 saturated heterocycles. The molecular weight excluding hydrogens is 443 g/mol. The van der Waals surface area contributed by atoms with Crippen LogP contribution in [0.5, 0.6) is 5.75 Å². The fourth-order valence-electron chi connectivity index (χ4n) is 2.36. The lowest BCUT2D eigenvalue weighted by atomic mass is 10.0. The third kappa shape index (κ3) is 9.84. The second kappa shape index (κ2) is 14.6. The molecule has 0 spiro atoms. The normalized spacial score (nSPS) is 11.0. The number of amides is 1. The molecule has 1 aromatic rings. The maximum absolute atomic E-state index is 12.0. The number of benzene rings is 1. The van der Waals surface area contributed by atoms with Crippen molar-refractivity contribution in [3.05, 3.63) is 29.8 Å². The highest BCUT2D eigenvalue weighted by Gasteiger charge is 2.06. The van der Waals surface area contributed by atoms with Crippen molar-refractivity contribution in [3.63, 3.8) is 0 Å². The Morgan fingerprint density at radius 2 is 1.81 bits per heavy atom.